The maximum Gasteiger partial charge on any atom is 0.364 e. The van der Waals surface area contributed by atoms with E-state index in [1.54, 1.807) is 30.3 Å². The van der Waals surface area contributed by atoms with Crippen LogP contribution in [-0.4, -0.2) is 15.9 Å². The van der Waals surface area contributed by atoms with Gasteiger partial charge in [0.15, 0.2) is 10.9 Å². The average molecular weight is 389 g/mol. The quantitative estimate of drug-likeness (QED) is 0.264. The van der Waals surface area contributed by atoms with Gasteiger partial charge < -0.3 is 4.74 Å². The van der Waals surface area contributed by atoms with Gasteiger partial charge in [0.1, 0.15) is 11.6 Å². The van der Waals surface area contributed by atoms with Crippen LogP contribution in [0.15, 0.2) is 59.9 Å². The van der Waals surface area contributed by atoms with Crippen molar-refractivity contribution in [2.45, 2.75) is 17.8 Å². The van der Waals surface area contributed by atoms with Gasteiger partial charge in [-0.1, -0.05) is 59.3 Å². The molecular formula is C19H14ClFN2O2S. The maximum absolute atomic E-state index is 13.7. The molecule has 0 saturated carbocycles. The number of hydrogen-bond acceptors (Lipinski definition) is 5. The largest absolute Gasteiger partial charge is 0.422 e. The molecule has 0 spiro atoms. The van der Waals surface area contributed by atoms with E-state index in [0.717, 1.165) is 5.56 Å². The Bertz CT molecular complexity index is 935. The van der Waals surface area contributed by atoms with Crippen LogP contribution in [0.5, 0.6) is 5.75 Å². The molecule has 3 rings (SSSR count). The predicted octanol–water partition coefficient (Wildman–Crippen LogP) is 5.09. The highest BCUT2D eigenvalue weighted by molar-refractivity contribution is 7.98. The van der Waals surface area contributed by atoms with Crippen molar-refractivity contribution in [2.24, 2.45) is 0 Å². The Balaban J connectivity index is 1.73. The minimum Gasteiger partial charge on any atom is -0.422 e. The monoisotopic (exact) mass is 388 g/mol. The van der Waals surface area contributed by atoms with Crippen LogP contribution in [0.25, 0.3) is 0 Å². The van der Waals surface area contributed by atoms with Crippen LogP contribution in [0.4, 0.5) is 4.39 Å². The molecule has 0 bridgehead atoms. The number of benzene rings is 2. The van der Waals surface area contributed by atoms with Gasteiger partial charge >= 0.3 is 5.97 Å². The van der Waals surface area contributed by atoms with E-state index >= 15 is 0 Å². The third-order valence-corrected chi connectivity index (χ3v) is 4.65. The molecule has 4 nitrogen and oxygen atoms in total. The second kappa shape index (κ2) is 8.29. The molecule has 0 aliphatic carbocycles. The lowest BCUT2D eigenvalue weighted by Crippen LogP contribution is -2.12. The Morgan fingerprint density at radius 3 is 2.65 bits per heavy atom. The highest BCUT2D eigenvalue weighted by Crippen LogP contribution is 2.24. The van der Waals surface area contributed by atoms with Crippen LogP contribution in [0.1, 0.15) is 21.6 Å². The molecular weight excluding hydrogens is 375 g/mol. The Hall–Kier alpha value is -2.44. The minimum absolute atomic E-state index is 0.0294. The first-order chi connectivity index (χ1) is 12.5. The molecule has 3 aromatic rings. The van der Waals surface area contributed by atoms with Gasteiger partial charge in [-0.2, -0.15) is 0 Å². The summed E-state index contributed by atoms with van der Waals surface area (Å²) in [7, 11) is 0. The van der Waals surface area contributed by atoms with E-state index in [9.17, 15) is 9.18 Å². The molecule has 0 unspecified atom stereocenters. The standard InChI is InChI=1S/C19H14ClFN2O2S/c1-12-6-8-14(9-7-12)25-18(24)17-15(20)10-22-19(23-17)26-11-13-4-2-3-5-16(13)21/h2-10H,11H2,1H3. The molecule has 132 valence electrons. The van der Waals surface area contributed by atoms with Crippen LogP contribution in [0, 0.1) is 12.7 Å². The van der Waals surface area contributed by atoms with Crippen LogP contribution in [-0.2, 0) is 5.75 Å². The van der Waals surface area contributed by atoms with E-state index in [0.29, 0.717) is 22.2 Å². The van der Waals surface area contributed by atoms with Gasteiger partial charge in [-0.05, 0) is 30.7 Å². The fourth-order valence-electron chi connectivity index (χ4n) is 2.08. The second-order valence-corrected chi connectivity index (χ2v) is 6.78. The number of nitrogens with zero attached hydrogens (tertiary/aromatic N) is 2. The molecule has 0 aliphatic heterocycles. The Morgan fingerprint density at radius 2 is 1.92 bits per heavy atom. The molecule has 1 aromatic heterocycles. The number of esters is 1. The number of ether oxygens (including phenoxy) is 1. The SMILES string of the molecule is Cc1ccc(OC(=O)c2nc(SCc3ccccc3F)ncc2Cl)cc1. The van der Waals surface area contributed by atoms with Crippen molar-refractivity contribution in [1.82, 2.24) is 9.97 Å². The van der Waals surface area contributed by atoms with Gasteiger partial charge in [0.25, 0.3) is 0 Å². The van der Waals surface area contributed by atoms with Gasteiger partial charge in [-0.3, -0.25) is 0 Å². The van der Waals surface area contributed by atoms with E-state index in [2.05, 4.69) is 9.97 Å². The summed E-state index contributed by atoms with van der Waals surface area (Å²) in [5.74, 6) is -0.237. The summed E-state index contributed by atoms with van der Waals surface area (Å²) in [5.41, 5.74) is 1.55. The Kier molecular flexibility index (Phi) is 5.85. The minimum atomic E-state index is -0.672. The lowest BCUT2D eigenvalue weighted by atomic mass is 10.2. The molecule has 0 atom stereocenters. The summed E-state index contributed by atoms with van der Waals surface area (Å²) in [4.78, 5) is 20.6. The van der Waals surface area contributed by atoms with E-state index in [4.69, 9.17) is 16.3 Å². The molecule has 0 saturated heterocycles. The summed E-state index contributed by atoms with van der Waals surface area (Å²) in [5, 5.41) is 0.408. The summed E-state index contributed by atoms with van der Waals surface area (Å²) >= 11 is 7.24. The molecule has 1 heterocycles. The fourth-order valence-corrected chi connectivity index (χ4v) is 3.05. The van der Waals surface area contributed by atoms with Crippen molar-refractivity contribution in [1.29, 1.82) is 0 Å². The first-order valence-electron chi connectivity index (χ1n) is 7.70. The second-order valence-electron chi connectivity index (χ2n) is 5.43. The van der Waals surface area contributed by atoms with Crippen molar-refractivity contribution in [3.8, 4) is 5.75 Å². The predicted molar refractivity (Wildman–Crippen MR) is 99.1 cm³/mol. The molecule has 7 heteroatoms. The Morgan fingerprint density at radius 1 is 1.19 bits per heavy atom. The highest BCUT2D eigenvalue weighted by Gasteiger charge is 2.17. The summed E-state index contributed by atoms with van der Waals surface area (Å²) in [6.45, 7) is 1.94. The third kappa shape index (κ3) is 4.59. The van der Waals surface area contributed by atoms with Crippen LogP contribution in [0.2, 0.25) is 5.02 Å². The normalized spacial score (nSPS) is 10.6. The zero-order chi connectivity index (χ0) is 18.5. The number of halogens is 2. The molecule has 26 heavy (non-hydrogen) atoms. The number of carbonyl (C=O) groups is 1. The van der Waals surface area contributed by atoms with E-state index < -0.39 is 5.97 Å². The van der Waals surface area contributed by atoms with Gasteiger partial charge in [-0.15, -0.1) is 0 Å². The summed E-state index contributed by atoms with van der Waals surface area (Å²) in [6, 6.07) is 13.5. The summed E-state index contributed by atoms with van der Waals surface area (Å²) < 4.78 is 19.0. The zero-order valence-electron chi connectivity index (χ0n) is 13.8. The van der Waals surface area contributed by atoms with E-state index in [1.807, 2.05) is 19.1 Å². The van der Waals surface area contributed by atoms with Crippen molar-refractivity contribution in [3.63, 3.8) is 0 Å². The lowest BCUT2D eigenvalue weighted by Gasteiger charge is -2.07. The Labute approximate surface area is 159 Å². The van der Waals surface area contributed by atoms with Crippen LogP contribution >= 0.6 is 23.4 Å². The molecule has 0 amide bonds. The first kappa shape index (κ1) is 18.4. The fraction of sp³-hybridized carbons (Fsp3) is 0.105. The third-order valence-electron chi connectivity index (χ3n) is 3.46. The van der Waals surface area contributed by atoms with Gasteiger partial charge in [0.2, 0.25) is 0 Å². The van der Waals surface area contributed by atoms with Crippen molar-refractivity contribution in [3.05, 3.63) is 82.4 Å². The highest BCUT2D eigenvalue weighted by atomic mass is 35.5. The number of aromatic nitrogens is 2. The number of rotatable bonds is 5. The number of aryl methyl sites for hydroxylation is 1. The van der Waals surface area contributed by atoms with Gasteiger partial charge in [-0.25, -0.2) is 19.2 Å². The maximum atomic E-state index is 13.7. The topological polar surface area (TPSA) is 52.1 Å². The zero-order valence-corrected chi connectivity index (χ0v) is 15.4. The first-order valence-corrected chi connectivity index (χ1v) is 9.07. The van der Waals surface area contributed by atoms with Gasteiger partial charge in [0, 0.05) is 5.75 Å². The van der Waals surface area contributed by atoms with Crippen LogP contribution < -0.4 is 4.74 Å². The molecule has 0 aliphatic rings. The lowest BCUT2D eigenvalue weighted by molar-refractivity contribution is 0.0727. The van der Waals surface area contributed by atoms with E-state index in [-0.39, 0.29) is 16.5 Å². The molecule has 0 N–H and O–H groups in total. The van der Waals surface area contributed by atoms with Gasteiger partial charge in [0.05, 0.1) is 11.2 Å². The van der Waals surface area contributed by atoms with Crippen molar-refractivity contribution >= 4 is 29.3 Å². The number of carbonyl (C=O) groups excluding carboxylic acids is 1. The molecule has 2 aromatic carbocycles. The average Bonchev–Trinajstić information content (AvgIpc) is 2.64. The smallest absolute Gasteiger partial charge is 0.364 e. The molecule has 0 fully saturated rings. The van der Waals surface area contributed by atoms with Crippen molar-refractivity contribution in [2.75, 3.05) is 0 Å². The molecule has 0 radical (unpaired) electrons. The van der Waals surface area contributed by atoms with Crippen molar-refractivity contribution < 1.29 is 13.9 Å². The number of hydrogen-bond donors (Lipinski definition) is 0. The van der Waals surface area contributed by atoms with E-state index in [1.165, 1.54) is 24.0 Å². The number of thioether (sulfide) groups is 1. The van der Waals surface area contributed by atoms with Crippen LogP contribution in [0.3, 0.4) is 0 Å². The summed E-state index contributed by atoms with van der Waals surface area (Å²) in [6.07, 6.45) is 1.34.